The van der Waals surface area contributed by atoms with Gasteiger partial charge in [0, 0.05) is 31.1 Å². The van der Waals surface area contributed by atoms with Gasteiger partial charge in [-0.1, -0.05) is 24.3 Å². The van der Waals surface area contributed by atoms with E-state index in [4.69, 9.17) is 4.74 Å². The van der Waals surface area contributed by atoms with E-state index in [9.17, 15) is 18.0 Å². The predicted octanol–water partition coefficient (Wildman–Crippen LogP) is 3.91. The molecular weight excluding hydrogens is 440 g/mol. The minimum atomic E-state index is -3.72. The number of carbonyl (C=O) groups is 2. The van der Waals surface area contributed by atoms with Gasteiger partial charge in [0.05, 0.1) is 18.0 Å². The zero-order valence-corrected chi connectivity index (χ0v) is 20.5. The largest absolute Gasteiger partial charge is 0.497 e. The summed E-state index contributed by atoms with van der Waals surface area (Å²) in [5.74, 6) is 0.382. The molecule has 8 heteroatoms. The van der Waals surface area contributed by atoms with Gasteiger partial charge in [-0.2, -0.15) is 4.31 Å². The van der Waals surface area contributed by atoms with Crippen molar-refractivity contribution in [3.8, 4) is 5.75 Å². The van der Waals surface area contributed by atoms with Crippen molar-refractivity contribution in [2.75, 3.05) is 26.7 Å². The lowest BCUT2D eigenvalue weighted by Crippen LogP contribution is -2.45. The molecule has 2 aromatic rings. The van der Waals surface area contributed by atoms with Gasteiger partial charge >= 0.3 is 0 Å². The highest BCUT2D eigenvalue weighted by atomic mass is 32.2. The van der Waals surface area contributed by atoms with Gasteiger partial charge in [-0.15, -0.1) is 0 Å². The second kappa shape index (κ2) is 10.5. The zero-order chi connectivity index (χ0) is 24.2. The lowest BCUT2D eigenvalue weighted by Gasteiger charge is -2.36. The number of methoxy groups -OCH3 is 1. The molecule has 1 saturated heterocycles. The summed E-state index contributed by atoms with van der Waals surface area (Å²) in [7, 11) is -2.10. The monoisotopic (exact) mass is 472 g/mol. The van der Waals surface area contributed by atoms with E-state index in [1.165, 1.54) is 23.4 Å². The summed E-state index contributed by atoms with van der Waals surface area (Å²) < 4.78 is 32.9. The maximum Gasteiger partial charge on any atom is 0.243 e. The number of nitrogens with zero attached hydrogens (tertiary/aromatic N) is 2. The normalized spacial score (nSPS) is 16.2. The molecule has 0 N–H and O–H groups in total. The fourth-order valence-electron chi connectivity index (χ4n) is 4.30. The molecule has 1 amide bonds. The third kappa shape index (κ3) is 5.45. The molecule has 7 nitrogen and oxygen atoms in total. The van der Waals surface area contributed by atoms with E-state index in [-0.39, 0.29) is 41.6 Å². The lowest BCUT2D eigenvalue weighted by molar-refractivity contribution is -0.138. The number of hydrogen-bond acceptors (Lipinski definition) is 5. The second-order valence-corrected chi connectivity index (χ2v) is 10.3. The number of amides is 1. The summed E-state index contributed by atoms with van der Waals surface area (Å²) in [6.45, 7) is 6.47. The van der Waals surface area contributed by atoms with Crippen LogP contribution in [0.15, 0.2) is 53.4 Å². The first-order valence-electron chi connectivity index (χ1n) is 11.2. The molecule has 1 aliphatic heterocycles. The van der Waals surface area contributed by atoms with Crippen molar-refractivity contribution < 1.29 is 22.7 Å². The van der Waals surface area contributed by atoms with Crippen LogP contribution in [0.1, 0.15) is 55.6 Å². The van der Waals surface area contributed by atoms with E-state index < -0.39 is 10.0 Å². The van der Waals surface area contributed by atoms with Gasteiger partial charge in [-0.3, -0.25) is 9.59 Å². The lowest BCUT2D eigenvalue weighted by atomic mass is 9.95. The summed E-state index contributed by atoms with van der Waals surface area (Å²) in [6, 6.07) is 13.7. The van der Waals surface area contributed by atoms with Crippen LogP contribution in [-0.4, -0.2) is 56.1 Å². The van der Waals surface area contributed by atoms with Crippen LogP contribution in [0.25, 0.3) is 0 Å². The number of hydrogen-bond donors (Lipinski definition) is 0. The van der Waals surface area contributed by atoms with Crippen LogP contribution in [0.4, 0.5) is 0 Å². The van der Waals surface area contributed by atoms with Crippen molar-refractivity contribution in [1.82, 2.24) is 9.21 Å². The molecule has 0 saturated carbocycles. The molecule has 1 heterocycles. The Kier molecular flexibility index (Phi) is 7.92. The van der Waals surface area contributed by atoms with Crippen molar-refractivity contribution in [3.63, 3.8) is 0 Å². The van der Waals surface area contributed by atoms with Crippen molar-refractivity contribution >= 4 is 21.7 Å². The molecule has 178 valence electrons. The molecular formula is C25H32N2O5S. The third-order valence-electron chi connectivity index (χ3n) is 6.35. The number of Topliss-reactive ketones (excluding diaryl/α,β-unsaturated/α-hetero) is 1. The standard InChI is InChI=1S/C25H32N2O5S/c1-5-27(18(2)21-8-6-10-23(16-21)32-4)25(29)20-12-14-26(15-13-20)33(30,31)24-11-7-9-22(17-24)19(3)28/h6-11,16-18,20H,5,12-15H2,1-4H3. The summed E-state index contributed by atoms with van der Waals surface area (Å²) >= 11 is 0. The second-order valence-electron chi connectivity index (χ2n) is 8.34. The first kappa shape index (κ1) is 24.9. The quantitative estimate of drug-likeness (QED) is 0.544. The van der Waals surface area contributed by atoms with Crippen LogP contribution in [-0.2, 0) is 14.8 Å². The summed E-state index contributed by atoms with van der Waals surface area (Å²) in [4.78, 5) is 26.9. The van der Waals surface area contributed by atoms with Crippen LogP contribution >= 0.6 is 0 Å². The van der Waals surface area contributed by atoms with E-state index in [1.54, 1.807) is 19.2 Å². The van der Waals surface area contributed by atoms with E-state index in [2.05, 4.69) is 0 Å². The third-order valence-corrected chi connectivity index (χ3v) is 8.24. The minimum Gasteiger partial charge on any atom is -0.497 e. The summed E-state index contributed by atoms with van der Waals surface area (Å²) in [5.41, 5.74) is 1.36. The van der Waals surface area contributed by atoms with Crippen molar-refractivity contribution in [3.05, 3.63) is 59.7 Å². The van der Waals surface area contributed by atoms with Gasteiger partial charge in [0.25, 0.3) is 0 Å². The highest BCUT2D eigenvalue weighted by Gasteiger charge is 2.35. The fraction of sp³-hybridized carbons (Fsp3) is 0.440. The molecule has 0 spiro atoms. The zero-order valence-electron chi connectivity index (χ0n) is 19.7. The molecule has 1 unspecified atom stereocenters. The molecule has 0 radical (unpaired) electrons. The number of benzene rings is 2. The fourth-order valence-corrected chi connectivity index (χ4v) is 5.82. The number of sulfonamides is 1. The van der Waals surface area contributed by atoms with E-state index in [0.29, 0.717) is 24.9 Å². The Morgan fingerprint density at radius 1 is 1.12 bits per heavy atom. The Balaban J connectivity index is 1.69. The Morgan fingerprint density at radius 2 is 1.79 bits per heavy atom. The van der Waals surface area contributed by atoms with Crippen LogP contribution in [0.2, 0.25) is 0 Å². The van der Waals surface area contributed by atoms with Gasteiger partial charge < -0.3 is 9.64 Å². The smallest absolute Gasteiger partial charge is 0.243 e. The van der Waals surface area contributed by atoms with E-state index in [0.717, 1.165) is 11.3 Å². The average molecular weight is 473 g/mol. The highest BCUT2D eigenvalue weighted by Crippen LogP contribution is 2.30. The molecule has 2 aromatic carbocycles. The van der Waals surface area contributed by atoms with Crippen LogP contribution in [0.5, 0.6) is 5.75 Å². The molecule has 3 rings (SSSR count). The highest BCUT2D eigenvalue weighted by molar-refractivity contribution is 7.89. The van der Waals surface area contributed by atoms with Crippen molar-refractivity contribution in [2.24, 2.45) is 5.92 Å². The first-order valence-corrected chi connectivity index (χ1v) is 12.7. The molecule has 33 heavy (non-hydrogen) atoms. The Hall–Kier alpha value is -2.71. The maximum atomic E-state index is 13.3. The maximum absolute atomic E-state index is 13.3. The molecule has 0 bridgehead atoms. The Morgan fingerprint density at radius 3 is 2.39 bits per heavy atom. The van der Waals surface area contributed by atoms with Gasteiger partial charge in [0.2, 0.25) is 15.9 Å². The van der Waals surface area contributed by atoms with Crippen LogP contribution in [0.3, 0.4) is 0 Å². The number of carbonyl (C=O) groups excluding carboxylic acids is 2. The van der Waals surface area contributed by atoms with Gasteiger partial charge in [0.1, 0.15) is 5.75 Å². The molecule has 0 aromatic heterocycles. The van der Waals surface area contributed by atoms with Crippen LogP contribution in [0, 0.1) is 5.92 Å². The van der Waals surface area contributed by atoms with E-state index in [1.807, 2.05) is 43.0 Å². The molecule has 1 atom stereocenters. The van der Waals surface area contributed by atoms with Gasteiger partial charge in [-0.05, 0) is 63.4 Å². The average Bonchev–Trinajstić information content (AvgIpc) is 2.84. The summed E-state index contributed by atoms with van der Waals surface area (Å²) in [6.07, 6.45) is 0.928. The molecule has 1 aliphatic rings. The van der Waals surface area contributed by atoms with Gasteiger partial charge in [-0.25, -0.2) is 8.42 Å². The summed E-state index contributed by atoms with van der Waals surface area (Å²) in [5, 5.41) is 0. The van der Waals surface area contributed by atoms with Crippen LogP contribution < -0.4 is 4.74 Å². The molecule has 0 aliphatic carbocycles. The number of ketones is 1. The first-order chi connectivity index (χ1) is 15.7. The SMILES string of the molecule is CCN(C(=O)C1CCN(S(=O)(=O)c2cccc(C(C)=O)c2)CC1)C(C)c1cccc(OC)c1. The number of rotatable bonds is 8. The minimum absolute atomic E-state index is 0.0449. The number of ether oxygens (including phenoxy) is 1. The van der Waals surface area contributed by atoms with Gasteiger partial charge in [0.15, 0.2) is 5.78 Å². The molecule has 1 fully saturated rings. The van der Waals surface area contributed by atoms with Crippen molar-refractivity contribution in [1.29, 1.82) is 0 Å². The topological polar surface area (TPSA) is 84.0 Å². The predicted molar refractivity (Wildman–Crippen MR) is 127 cm³/mol. The Bertz CT molecular complexity index is 1110. The number of piperidine rings is 1. The van der Waals surface area contributed by atoms with Crippen molar-refractivity contribution in [2.45, 2.75) is 44.6 Å². The Labute approximate surface area is 196 Å². The van der Waals surface area contributed by atoms with E-state index >= 15 is 0 Å².